The number of methoxy groups -OCH3 is 4. The van der Waals surface area contributed by atoms with Gasteiger partial charge in [-0.2, -0.15) is 0 Å². The van der Waals surface area contributed by atoms with Crippen molar-refractivity contribution in [1.29, 1.82) is 0 Å². The van der Waals surface area contributed by atoms with Gasteiger partial charge in [-0.15, -0.1) is 0 Å². The van der Waals surface area contributed by atoms with E-state index in [0.717, 1.165) is 42.5 Å². The Balaban J connectivity index is 2.15. The summed E-state index contributed by atoms with van der Waals surface area (Å²) in [6.07, 6.45) is 2.72. The molecule has 1 aliphatic heterocycles. The second-order valence-corrected chi connectivity index (χ2v) is 7.34. The van der Waals surface area contributed by atoms with Crippen molar-refractivity contribution in [2.24, 2.45) is 0 Å². The molecule has 0 spiro atoms. The molecule has 0 aromatic heterocycles. The average molecular weight is 385 g/mol. The first-order valence-electron chi connectivity index (χ1n) is 9.50. The predicted octanol–water partition coefficient (Wildman–Crippen LogP) is 3.57. The van der Waals surface area contributed by atoms with E-state index < -0.39 is 0 Å². The summed E-state index contributed by atoms with van der Waals surface area (Å²) in [5.74, 6) is 2.43. The number of hydrogen-bond acceptors (Lipinski definition) is 6. The highest BCUT2D eigenvalue weighted by Crippen LogP contribution is 2.56. The lowest BCUT2D eigenvalue weighted by Crippen LogP contribution is -2.32. The van der Waals surface area contributed by atoms with E-state index in [1.807, 2.05) is 12.1 Å². The van der Waals surface area contributed by atoms with Crippen LogP contribution in [0, 0.1) is 0 Å². The number of benzene rings is 2. The molecule has 1 unspecified atom stereocenters. The van der Waals surface area contributed by atoms with E-state index >= 15 is 0 Å². The largest absolute Gasteiger partial charge is 0.504 e. The van der Waals surface area contributed by atoms with Crippen molar-refractivity contribution in [3.8, 4) is 39.9 Å². The quantitative estimate of drug-likeness (QED) is 0.868. The molecular weight excluding hydrogens is 358 g/mol. The van der Waals surface area contributed by atoms with Gasteiger partial charge in [0.2, 0.25) is 5.75 Å². The van der Waals surface area contributed by atoms with Crippen LogP contribution in [-0.4, -0.2) is 52.0 Å². The first-order chi connectivity index (χ1) is 13.5. The summed E-state index contributed by atoms with van der Waals surface area (Å²) in [6.45, 7) is 0.961. The van der Waals surface area contributed by atoms with Crippen LogP contribution in [0.15, 0.2) is 12.1 Å². The van der Waals surface area contributed by atoms with E-state index in [2.05, 4.69) is 11.9 Å². The third kappa shape index (κ3) is 2.58. The van der Waals surface area contributed by atoms with Crippen LogP contribution in [-0.2, 0) is 12.8 Å². The van der Waals surface area contributed by atoms with E-state index in [4.69, 9.17) is 18.9 Å². The van der Waals surface area contributed by atoms with Gasteiger partial charge in [0.05, 0.1) is 28.4 Å². The number of phenolic OH excluding ortho intramolecular Hbond substituents is 1. The monoisotopic (exact) mass is 385 g/mol. The highest BCUT2D eigenvalue weighted by atomic mass is 16.5. The SMILES string of the molecule is COc1cc2c(c(OC)c1OC)-c1c(OC)c(O)cc3c1C(CC2)N(C)CC3. The minimum atomic E-state index is 0.157. The first kappa shape index (κ1) is 18.7. The third-order valence-corrected chi connectivity index (χ3v) is 6.04. The fraction of sp³-hybridized carbons (Fsp3) is 0.455. The van der Waals surface area contributed by atoms with E-state index in [1.54, 1.807) is 28.4 Å². The molecule has 0 amide bonds. The normalized spacial score (nSPS) is 18.0. The van der Waals surface area contributed by atoms with Crippen LogP contribution in [0.25, 0.3) is 11.1 Å². The summed E-state index contributed by atoms with van der Waals surface area (Å²) in [6, 6.07) is 4.13. The Morgan fingerprint density at radius 3 is 2.21 bits per heavy atom. The van der Waals surface area contributed by atoms with E-state index in [9.17, 15) is 5.11 Å². The lowest BCUT2D eigenvalue weighted by atomic mass is 9.85. The van der Waals surface area contributed by atoms with Gasteiger partial charge in [0.25, 0.3) is 0 Å². The minimum Gasteiger partial charge on any atom is -0.504 e. The zero-order valence-corrected chi connectivity index (χ0v) is 17.1. The Kier molecular flexibility index (Phi) is 4.75. The molecule has 0 saturated carbocycles. The molecule has 4 rings (SSSR count). The maximum atomic E-state index is 10.7. The zero-order valence-electron chi connectivity index (χ0n) is 17.1. The third-order valence-electron chi connectivity index (χ3n) is 6.04. The molecule has 0 radical (unpaired) electrons. The van der Waals surface area contributed by atoms with Gasteiger partial charge in [-0.05, 0) is 55.1 Å². The smallest absolute Gasteiger partial charge is 0.203 e. The van der Waals surface area contributed by atoms with Gasteiger partial charge in [0, 0.05) is 23.7 Å². The van der Waals surface area contributed by atoms with Crippen LogP contribution in [0.2, 0.25) is 0 Å². The van der Waals surface area contributed by atoms with Crippen LogP contribution in [0.4, 0.5) is 0 Å². The lowest BCUT2D eigenvalue weighted by molar-refractivity contribution is 0.220. The van der Waals surface area contributed by atoms with Crippen LogP contribution in [0.1, 0.15) is 29.2 Å². The van der Waals surface area contributed by atoms with Crippen molar-refractivity contribution >= 4 is 0 Å². The Morgan fingerprint density at radius 2 is 1.57 bits per heavy atom. The standard InChI is InChI=1S/C22H27NO5/c1-23-9-8-13-10-15(24)20(26-3)19-17(13)14(23)7-6-12-11-16(25-2)21(27-4)22(28-5)18(12)19/h10-11,14,24H,6-9H2,1-5H3. The second-order valence-electron chi connectivity index (χ2n) is 7.34. The van der Waals surface area contributed by atoms with Crippen LogP contribution in [0.3, 0.4) is 0 Å². The second kappa shape index (κ2) is 7.09. The van der Waals surface area contributed by atoms with E-state index in [0.29, 0.717) is 23.0 Å². The number of likely N-dealkylation sites (N-methyl/N-ethyl adjacent to an activating group) is 1. The highest BCUT2D eigenvalue weighted by molar-refractivity contribution is 5.88. The number of aryl methyl sites for hydroxylation is 1. The van der Waals surface area contributed by atoms with Crippen molar-refractivity contribution in [3.63, 3.8) is 0 Å². The molecular formula is C22H27NO5. The van der Waals surface area contributed by atoms with Crippen LogP contribution < -0.4 is 18.9 Å². The molecule has 28 heavy (non-hydrogen) atoms. The summed E-state index contributed by atoms with van der Waals surface area (Å²) in [5, 5.41) is 10.7. The molecule has 2 aromatic carbocycles. The first-order valence-corrected chi connectivity index (χ1v) is 9.50. The molecule has 1 atom stereocenters. The molecule has 2 aromatic rings. The summed E-state index contributed by atoms with van der Waals surface area (Å²) in [4.78, 5) is 2.38. The Morgan fingerprint density at radius 1 is 0.857 bits per heavy atom. The molecule has 150 valence electrons. The average Bonchev–Trinajstić information content (AvgIpc) is 2.87. The molecule has 1 aliphatic carbocycles. The fourth-order valence-corrected chi connectivity index (χ4v) is 4.77. The van der Waals surface area contributed by atoms with E-state index in [-0.39, 0.29) is 11.8 Å². The number of phenols is 1. The van der Waals surface area contributed by atoms with Gasteiger partial charge in [-0.1, -0.05) is 0 Å². The minimum absolute atomic E-state index is 0.157. The van der Waals surface area contributed by atoms with Crippen molar-refractivity contribution < 1.29 is 24.1 Å². The van der Waals surface area contributed by atoms with Crippen molar-refractivity contribution in [1.82, 2.24) is 4.90 Å². The van der Waals surface area contributed by atoms with Gasteiger partial charge in [-0.3, -0.25) is 4.90 Å². The lowest BCUT2D eigenvalue weighted by Gasteiger charge is -2.36. The topological polar surface area (TPSA) is 60.4 Å². The molecule has 2 aliphatic rings. The summed E-state index contributed by atoms with van der Waals surface area (Å²) in [7, 11) is 8.62. The van der Waals surface area contributed by atoms with Gasteiger partial charge < -0.3 is 24.1 Å². The van der Waals surface area contributed by atoms with Gasteiger partial charge >= 0.3 is 0 Å². The molecule has 1 heterocycles. The van der Waals surface area contributed by atoms with Crippen molar-refractivity contribution in [2.45, 2.75) is 25.3 Å². The van der Waals surface area contributed by atoms with Gasteiger partial charge in [0.15, 0.2) is 23.0 Å². The van der Waals surface area contributed by atoms with Crippen LogP contribution in [0.5, 0.6) is 28.7 Å². The van der Waals surface area contributed by atoms with Gasteiger partial charge in [0.1, 0.15) is 0 Å². The van der Waals surface area contributed by atoms with Crippen molar-refractivity contribution in [2.75, 3.05) is 42.0 Å². The van der Waals surface area contributed by atoms with Gasteiger partial charge in [-0.25, -0.2) is 0 Å². The molecule has 0 saturated heterocycles. The fourth-order valence-electron chi connectivity index (χ4n) is 4.77. The highest BCUT2D eigenvalue weighted by Gasteiger charge is 2.37. The predicted molar refractivity (Wildman–Crippen MR) is 107 cm³/mol. The summed E-state index contributed by atoms with van der Waals surface area (Å²) < 4.78 is 22.7. The number of fused-ring (bicyclic) bond motifs is 2. The Labute approximate surface area is 165 Å². The van der Waals surface area contributed by atoms with Crippen LogP contribution >= 0.6 is 0 Å². The number of nitrogens with zero attached hydrogens (tertiary/aromatic N) is 1. The maximum Gasteiger partial charge on any atom is 0.203 e. The molecule has 0 fully saturated rings. The number of ether oxygens (including phenoxy) is 4. The van der Waals surface area contributed by atoms with Crippen molar-refractivity contribution in [3.05, 3.63) is 28.8 Å². The molecule has 1 N–H and O–H groups in total. The molecule has 0 bridgehead atoms. The zero-order chi connectivity index (χ0) is 20.0. The number of rotatable bonds is 4. The van der Waals surface area contributed by atoms with E-state index in [1.165, 1.54) is 11.1 Å². The molecule has 6 nitrogen and oxygen atoms in total. The maximum absolute atomic E-state index is 10.7. The summed E-state index contributed by atoms with van der Waals surface area (Å²) >= 11 is 0. The molecule has 6 heteroatoms. The number of aromatic hydroxyl groups is 1. The Hall–Kier alpha value is -2.60. The number of hydrogen-bond donors (Lipinski definition) is 1. The Bertz CT molecular complexity index is 924. The summed E-state index contributed by atoms with van der Waals surface area (Å²) in [5.41, 5.74) is 5.30.